The molecule has 122 valence electrons. The molecule has 4 nitrogen and oxygen atoms in total. The van der Waals surface area contributed by atoms with E-state index in [2.05, 4.69) is 26.4 Å². The maximum atomic E-state index is 13.7. The van der Waals surface area contributed by atoms with Crippen molar-refractivity contribution in [2.75, 3.05) is 5.32 Å². The van der Waals surface area contributed by atoms with E-state index in [-0.39, 0.29) is 23.4 Å². The minimum Gasteiger partial charge on any atom is -0.356 e. The summed E-state index contributed by atoms with van der Waals surface area (Å²) in [6, 6.07) is 11.9. The Hall–Kier alpha value is -2.54. The molecule has 0 aliphatic rings. The van der Waals surface area contributed by atoms with Gasteiger partial charge in [-0.05, 0) is 30.3 Å². The third-order valence-corrected chi connectivity index (χ3v) is 3.74. The number of carbonyl (C=O) groups excluding carboxylic acids is 1. The highest BCUT2D eigenvalue weighted by atomic mass is 79.9. The molecule has 0 radical (unpaired) electrons. The van der Waals surface area contributed by atoms with Crippen molar-refractivity contribution in [1.82, 2.24) is 5.16 Å². The molecular formula is C17H11BrF2N2O2. The maximum absolute atomic E-state index is 13.7. The predicted molar refractivity (Wildman–Crippen MR) is 88.3 cm³/mol. The first-order valence-electron chi connectivity index (χ1n) is 6.98. The minimum atomic E-state index is -0.551. The number of nitrogens with zero attached hydrogens (tertiary/aromatic N) is 1. The molecule has 1 amide bonds. The molecule has 0 spiro atoms. The SMILES string of the molecule is O=C(Cc1cc(-c2ccccc2F)on1)Nc1ccc(Br)cc1F. The Kier molecular flexibility index (Phi) is 4.71. The van der Waals surface area contributed by atoms with Crippen LogP contribution in [0.3, 0.4) is 0 Å². The van der Waals surface area contributed by atoms with E-state index >= 15 is 0 Å². The fourth-order valence-corrected chi connectivity index (χ4v) is 2.47. The number of rotatable bonds is 4. The summed E-state index contributed by atoms with van der Waals surface area (Å²) in [6.45, 7) is 0. The lowest BCUT2D eigenvalue weighted by Crippen LogP contribution is -2.15. The van der Waals surface area contributed by atoms with Crippen LogP contribution in [0.4, 0.5) is 14.5 Å². The van der Waals surface area contributed by atoms with Gasteiger partial charge in [-0.15, -0.1) is 0 Å². The van der Waals surface area contributed by atoms with Crippen LogP contribution < -0.4 is 5.32 Å². The first kappa shape index (κ1) is 16.3. The number of halogens is 3. The van der Waals surface area contributed by atoms with Gasteiger partial charge in [0.2, 0.25) is 5.91 Å². The topological polar surface area (TPSA) is 55.1 Å². The van der Waals surface area contributed by atoms with Crippen LogP contribution in [0.25, 0.3) is 11.3 Å². The lowest BCUT2D eigenvalue weighted by Gasteiger charge is -2.05. The Morgan fingerprint density at radius 3 is 2.67 bits per heavy atom. The molecule has 0 bridgehead atoms. The number of anilines is 1. The molecular weight excluding hydrogens is 382 g/mol. The van der Waals surface area contributed by atoms with Gasteiger partial charge in [0.05, 0.1) is 23.4 Å². The normalized spacial score (nSPS) is 10.6. The van der Waals surface area contributed by atoms with Gasteiger partial charge in [-0.1, -0.05) is 33.2 Å². The highest BCUT2D eigenvalue weighted by Crippen LogP contribution is 2.24. The van der Waals surface area contributed by atoms with Crippen LogP contribution in [-0.4, -0.2) is 11.1 Å². The Balaban J connectivity index is 1.70. The summed E-state index contributed by atoms with van der Waals surface area (Å²) >= 11 is 3.14. The molecule has 1 N–H and O–H groups in total. The van der Waals surface area contributed by atoms with Crippen LogP contribution in [0, 0.1) is 11.6 Å². The van der Waals surface area contributed by atoms with E-state index in [0.717, 1.165) is 0 Å². The first-order chi connectivity index (χ1) is 11.5. The Morgan fingerprint density at radius 1 is 1.12 bits per heavy atom. The highest BCUT2D eigenvalue weighted by Gasteiger charge is 2.14. The third kappa shape index (κ3) is 3.68. The molecule has 0 aliphatic carbocycles. The van der Waals surface area contributed by atoms with Gasteiger partial charge in [-0.3, -0.25) is 4.79 Å². The molecule has 24 heavy (non-hydrogen) atoms. The van der Waals surface area contributed by atoms with Gasteiger partial charge in [0, 0.05) is 10.5 Å². The molecule has 0 fully saturated rings. The summed E-state index contributed by atoms with van der Waals surface area (Å²) in [6.07, 6.45) is -0.118. The zero-order chi connectivity index (χ0) is 17.1. The van der Waals surface area contributed by atoms with Crippen molar-refractivity contribution in [3.05, 3.63) is 70.3 Å². The number of nitrogens with one attached hydrogen (secondary N) is 1. The number of benzene rings is 2. The molecule has 0 aliphatic heterocycles. The average Bonchev–Trinajstić information content (AvgIpc) is 2.99. The van der Waals surface area contributed by atoms with Crippen molar-refractivity contribution in [2.24, 2.45) is 0 Å². The minimum absolute atomic E-state index is 0.0704. The molecule has 0 saturated heterocycles. The van der Waals surface area contributed by atoms with Crippen LogP contribution in [0.1, 0.15) is 5.69 Å². The predicted octanol–water partition coefficient (Wildman–Crippen LogP) is 4.56. The van der Waals surface area contributed by atoms with Crippen LogP contribution in [0.2, 0.25) is 0 Å². The van der Waals surface area contributed by atoms with Gasteiger partial charge < -0.3 is 9.84 Å². The summed E-state index contributed by atoms with van der Waals surface area (Å²) in [4.78, 5) is 12.0. The first-order valence-corrected chi connectivity index (χ1v) is 7.77. The molecule has 1 aromatic heterocycles. The van der Waals surface area contributed by atoms with E-state index in [4.69, 9.17) is 4.52 Å². The zero-order valence-electron chi connectivity index (χ0n) is 12.2. The highest BCUT2D eigenvalue weighted by molar-refractivity contribution is 9.10. The molecule has 7 heteroatoms. The van der Waals surface area contributed by atoms with Gasteiger partial charge >= 0.3 is 0 Å². The van der Waals surface area contributed by atoms with E-state index in [1.165, 1.54) is 24.3 Å². The second-order valence-corrected chi connectivity index (χ2v) is 5.93. The fraction of sp³-hybridized carbons (Fsp3) is 0.0588. The zero-order valence-corrected chi connectivity index (χ0v) is 13.8. The van der Waals surface area contributed by atoms with Crippen LogP contribution in [0.15, 0.2) is 57.5 Å². The maximum Gasteiger partial charge on any atom is 0.230 e. The van der Waals surface area contributed by atoms with Gasteiger partial charge in [-0.2, -0.15) is 0 Å². The molecule has 0 saturated carbocycles. The quantitative estimate of drug-likeness (QED) is 0.707. The van der Waals surface area contributed by atoms with E-state index in [1.54, 1.807) is 24.3 Å². The standard InChI is InChI=1S/C17H11BrF2N2O2/c18-10-5-6-15(14(20)7-10)21-17(23)9-11-8-16(24-22-11)12-3-1-2-4-13(12)19/h1-8H,9H2,(H,21,23). The Morgan fingerprint density at radius 2 is 1.92 bits per heavy atom. The molecule has 3 rings (SSSR count). The van der Waals surface area contributed by atoms with Crippen molar-refractivity contribution in [1.29, 1.82) is 0 Å². The van der Waals surface area contributed by atoms with Crippen molar-refractivity contribution in [2.45, 2.75) is 6.42 Å². The Labute approximate surface area is 144 Å². The molecule has 0 atom stereocenters. The molecule has 3 aromatic rings. The number of aromatic nitrogens is 1. The van der Waals surface area contributed by atoms with Crippen LogP contribution in [-0.2, 0) is 11.2 Å². The van der Waals surface area contributed by atoms with Gasteiger partial charge in [0.1, 0.15) is 11.6 Å². The average molecular weight is 393 g/mol. The van der Waals surface area contributed by atoms with E-state index in [0.29, 0.717) is 10.2 Å². The fourth-order valence-electron chi connectivity index (χ4n) is 2.13. The van der Waals surface area contributed by atoms with Gasteiger partial charge in [-0.25, -0.2) is 8.78 Å². The number of hydrogen-bond donors (Lipinski definition) is 1. The smallest absolute Gasteiger partial charge is 0.230 e. The lowest BCUT2D eigenvalue weighted by atomic mass is 10.1. The van der Waals surface area contributed by atoms with Crippen molar-refractivity contribution in [3.63, 3.8) is 0 Å². The number of hydrogen-bond acceptors (Lipinski definition) is 3. The van der Waals surface area contributed by atoms with E-state index in [9.17, 15) is 13.6 Å². The third-order valence-electron chi connectivity index (χ3n) is 3.25. The number of amides is 1. The second-order valence-electron chi connectivity index (χ2n) is 5.01. The van der Waals surface area contributed by atoms with Gasteiger partial charge in [0.15, 0.2) is 5.76 Å². The summed E-state index contributed by atoms with van der Waals surface area (Å²) in [5, 5.41) is 6.20. The Bertz CT molecular complexity index is 896. The van der Waals surface area contributed by atoms with Crippen molar-refractivity contribution >= 4 is 27.5 Å². The molecule has 0 unspecified atom stereocenters. The lowest BCUT2D eigenvalue weighted by molar-refractivity contribution is -0.115. The summed E-state index contributed by atoms with van der Waals surface area (Å²) in [5.41, 5.74) is 0.653. The summed E-state index contributed by atoms with van der Waals surface area (Å²) in [5.74, 6) is -1.22. The number of carbonyl (C=O) groups is 1. The monoisotopic (exact) mass is 392 g/mol. The van der Waals surface area contributed by atoms with Crippen LogP contribution >= 0.6 is 15.9 Å². The second kappa shape index (κ2) is 6.92. The van der Waals surface area contributed by atoms with Gasteiger partial charge in [0.25, 0.3) is 0 Å². The van der Waals surface area contributed by atoms with Crippen molar-refractivity contribution in [3.8, 4) is 11.3 Å². The summed E-state index contributed by atoms with van der Waals surface area (Å²) in [7, 11) is 0. The van der Waals surface area contributed by atoms with Crippen molar-refractivity contribution < 1.29 is 18.1 Å². The van der Waals surface area contributed by atoms with E-state index in [1.807, 2.05) is 0 Å². The van der Waals surface area contributed by atoms with E-state index < -0.39 is 17.5 Å². The molecule has 1 heterocycles. The molecule has 2 aromatic carbocycles. The largest absolute Gasteiger partial charge is 0.356 e. The van der Waals surface area contributed by atoms with Crippen LogP contribution in [0.5, 0.6) is 0 Å². The summed E-state index contributed by atoms with van der Waals surface area (Å²) < 4.78 is 33.0.